The van der Waals surface area contributed by atoms with E-state index in [0.717, 1.165) is 0 Å². The maximum atomic E-state index is 11.9. The molecule has 1 aliphatic rings. The van der Waals surface area contributed by atoms with Gasteiger partial charge in [-0.15, -0.1) is 0 Å². The zero-order valence-electron chi connectivity index (χ0n) is 11.0. The van der Waals surface area contributed by atoms with E-state index in [4.69, 9.17) is 16.7 Å². The van der Waals surface area contributed by atoms with Crippen molar-refractivity contribution in [3.63, 3.8) is 0 Å². The number of piperidine rings is 1. The van der Waals surface area contributed by atoms with Gasteiger partial charge in [0.25, 0.3) is 5.69 Å². The summed E-state index contributed by atoms with van der Waals surface area (Å²) in [4.78, 5) is 34.7. The molecule has 0 aromatic heterocycles. The third-order valence-corrected chi connectivity index (χ3v) is 3.68. The van der Waals surface area contributed by atoms with E-state index in [2.05, 4.69) is 0 Å². The maximum Gasteiger partial charge on any atom is 0.308 e. The average Bonchev–Trinajstić information content (AvgIpc) is 2.40. The Morgan fingerprint density at radius 3 is 2.86 bits per heavy atom. The second kappa shape index (κ2) is 6.09. The molecule has 8 heteroatoms. The van der Waals surface area contributed by atoms with E-state index in [1.807, 2.05) is 0 Å². The molecule has 1 amide bonds. The SMILES string of the molecule is O=C(O)C1CCC(=O)N(Cc2cc(Cl)ccc2[N+](=O)[O-])C1. The van der Waals surface area contributed by atoms with Crippen LogP contribution in [-0.2, 0) is 16.1 Å². The van der Waals surface area contributed by atoms with Gasteiger partial charge in [-0.05, 0) is 18.6 Å². The number of rotatable bonds is 4. The quantitative estimate of drug-likeness (QED) is 0.677. The fourth-order valence-corrected chi connectivity index (χ4v) is 2.53. The molecule has 0 aliphatic carbocycles. The van der Waals surface area contributed by atoms with Gasteiger partial charge in [0.15, 0.2) is 0 Å². The molecule has 1 aromatic carbocycles. The number of amides is 1. The van der Waals surface area contributed by atoms with Crippen LogP contribution in [0.2, 0.25) is 5.02 Å². The molecule has 1 saturated heterocycles. The normalized spacial score (nSPS) is 18.6. The zero-order chi connectivity index (χ0) is 15.6. The van der Waals surface area contributed by atoms with Crippen LogP contribution in [0.4, 0.5) is 5.69 Å². The minimum Gasteiger partial charge on any atom is -0.481 e. The number of nitro groups is 1. The van der Waals surface area contributed by atoms with E-state index >= 15 is 0 Å². The maximum absolute atomic E-state index is 11.9. The van der Waals surface area contributed by atoms with Gasteiger partial charge in [-0.1, -0.05) is 11.6 Å². The van der Waals surface area contributed by atoms with Crippen LogP contribution in [0.25, 0.3) is 0 Å². The first-order valence-corrected chi connectivity index (χ1v) is 6.69. The minimum absolute atomic E-state index is 0.0144. The van der Waals surface area contributed by atoms with Crippen molar-refractivity contribution in [3.05, 3.63) is 38.9 Å². The van der Waals surface area contributed by atoms with Gasteiger partial charge in [-0.25, -0.2) is 0 Å². The molecule has 1 N–H and O–H groups in total. The molecular formula is C13H13ClN2O5. The molecule has 21 heavy (non-hydrogen) atoms. The van der Waals surface area contributed by atoms with Crippen molar-refractivity contribution in [2.45, 2.75) is 19.4 Å². The summed E-state index contributed by atoms with van der Waals surface area (Å²) in [5.74, 6) is -1.81. The Bertz CT molecular complexity index is 604. The van der Waals surface area contributed by atoms with Gasteiger partial charge in [0.05, 0.1) is 22.9 Å². The number of halogens is 1. The van der Waals surface area contributed by atoms with E-state index in [9.17, 15) is 19.7 Å². The van der Waals surface area contributed by atoms with Gasteiger partial charge in [-0.2, -0.15) is 0 Å². The first-order valence-electron chi connectivity index (χ1n) is 6.32. The van der Waals surface area contributed by atoms with E-state index < -0.39 is 16.8 Å². The number of benzene rings is 1. The zero-order valence-corrected chi connectivity index (χ0v) is 11.7. The highest BCUT2D eigenvalue weighted by molar-refractivity contribution is 6.30. The summed E-state index contributed by atoms with van der Waals surface area (Å²) in [5.41, 5.74) is 0.163. The van der Waals surface area contributed by atoms with Crippen molar-refractivity contribution < 1.29 is 19.6 Å². The number of hydrogen-bond donors (Lipinski definition) is 1. The molecule has 2 rings (SSSR count). The molecule has 0 saturated carbocycles. The van der Waals surface area contributed by atoms with Crippen LogP contribution in [0.5, 0.6) is 0 Å². The Hall–Kier alpha value is -2.15. The Labute approximate surface area is 125 Å². The monoisotopic (exact) mass is 312 g/mol. The molecule has 0 radical (unpaired) electrons. The molecule has 1 aliphatic heterocycles. The predicted octanol–water partition coefficient (Wildman–Crippen LogP) is 2.07. The third-order valence-electron chi connectivity index (χ3n) is 3.45. The summed E-state index contributed by atoms with van der Waals surface area (Å²) in [6.45, 7) is 0.0390. The summed E-state index contributed by atoms with van der Waals surface area (Å²) >= 11 is 5.83. The van der Waals surface area contributed by atoms with Gasteiger partial charge >= 0.3 is 5.97 Å². The lowest BCUT2D eigenvalue weighted by molar-refractivity contribution is -0.385. The van der Waals surface area contributed by atoms with Gasteiger partial charge in [0.2, 0.25) is 5.91 Å². The Kier molecular flexibility index (Phi) is 4.42. The third kappa shape index (κ3) is 3.49. The summed E-state index contributed by atoms with van der Waals surface area (Å²) in [6.07, 6.45) is 0.424. The van der Waals surface area contributed by atoms with Crippen molar-refractivity contribution in [1.82, 2.24) is 4.90 Å². The van der Waals surface area contributed by atoms with Crippen molar-refractivity contribution in [1.29, 1.82) is 0 Å². The van der Waals surface area contributed by atoms with Gasteiger partial charge in [-0.3, -0.25) is 19.7 Å². The smallest absolute Gasteiger partial charge is 0.308 e. The van der Waals surface area contributed by atoms with Crippen LogP contribution in [0.1, 0.15) is 18.4 Å². The summed E-state index contributed by atoms with van der Waals surface area (Å²) in [5, 5.41) is 20.4. The number of aliphatic carboxylic acids is 1. The molecule has 1 unspecified atom stereocenters. The van der Waals surface area contributed by atoms with E-state index in [1.165, 1.54) is 23.1 Å². The largest absolute Gasteiger partial charge is 0.481 e. The molecular weight excluding hydrogens is 300 g/mol. The van der Waals surface area contributed by atoms with Crippen LogP contribution in [0.3, 0.4) is 0 Å². The number of nitrogens with zero attached hydrogens (tertiary/aromatic N) is 2. The Morgan fingerprint density at radius 2 is 2.24 bits per heavy atom. The molecule has 1 aromatic rings. The summed E-state index contributed by atoms with van der Waals surface area (Å²) in [6, 6.07) is 4.11. The van der Waals surface area contributed by atoms with Gasteiger partial charge in [0.1, 0.15) is 0 Å². The molecule has 0 bridgehead atoms. The topological polar surface area (TPSA) is 101 Å². The fraction of sp³-hybridized carbons (Fsp3) is 0.385. The molecule has 1 atom stereocenters. The lowest BCUT2D eigenvalue weighted by Crippen LogP contribution is -2.42. The van der Waals surface area contributed by atoms with E-state index in [1.54, 1.807) is 0 Å². The summed E-state index contributed by atoms with van der Waals surface area (Å²) in [7, 11) is 0. The number of carbonyl (C=O) groups is 2. The van der Waals surface area contributed by atoms with Crippen LogP contribution >= 0.6 is 11.6 Å². The first-order chi connectivity index (χ1) is 9.88. The van der Waals surface area contributed by atoms with Crippen LogP contribution in [0.15, 0.2) is 18.2 Å². The van der Waals surface area contributed by atoms with Crippen LogP contribution < -0.4 is 0 Å². The molecule has 0 spiro atoms. The number of carbonyl (C=O) groups excluding carboxylic acids is 1. The number of carboxylic acid groups (broad SMARTS) is 1. The molecule has 7 nitrogen and oxygen atoms in total. The first kappa shape index (κ1) is 15.2. The molecule has 1 fully saturated rings. The van der Waals surface area contributed by atoms with Crippen molar-refractivity contribution in [3.8, 4) is 0 Å². The van der Waals surface area contributed by atoms with Gasteiger partial charge < -0.3 is 10.0 Å². The second-order valence-corrected chi connectivity index (χ2v) is 5.31. The number of nitro benzene ring substituents is 1. The molecule has 1 heterocycles. The highest BCUT2D eigenvalue weighted by Crippen LogP contribution is 2.26. The lowest BCUT2D eigenvalue weighted by Gasteiger charge is -2.30. The van der Waals surface area contributed by atoms with Crippen LogP contribution in [0, 0.1) is 16.0 Å². The number of carboxylic acids is 1. The summed E-state index contributed by atoms with van der Waals surface area (Å²) < 4.78 is 0. The van der Waals surface area contributed by atoms with Crippen molar-refractivity contribution >= 4 is 29.2 Å². The minimum atomic E-state index is -0.965. The number of likely N-dealkylation sites (tertiary alicyclic amines) is 1. The van der Waals surface area contributed by atoms with Gasteiger partial charge in [0, 0.05) is 24.1 Å². The Balaban J connectivity index is 2.23. The second-order valence-electron chi connectivity index (χ2n) is 4.88. The van der Waals surface area contributed by atoms with E-state index in [0.29, 0.717) is 17.0 Å². The standard InChI is InChI=1S/C13H13ClN2O5/c14-10-2-3-11(16(20)21)9(5-10)7-15-6-8(13(18)19)1-4-12(15)17/h2-3,5,8H,1,4,6-7H2,(H,18,19). The average molecular weight is 313 g/mol. The molecule has 112 valence electrons. The fourth-order valence-electron chi connectivity index (χ4n) is 2.33. The highest BCUT2D eigenvalue weighted by atomic mass is 35.5. The van der Waals surface area contributed by atoms with E-state index in [-0.39, 0.29) is 31.1 Å². The van der Waals surface area contributed by atoms with Crippen molar-refractivity contribution in [2.24, 2.45) is 5.92 Å². The van der Waals surface area contributed by atoms with Crippen molar-refractivity contribution in [2.75, 3.05) is 6.54 Å². The lowest BCUT2D eigenvalue weighted by atomic mass is 9.97. The van der Waals surface area contributed by atoms with Crippen LogP contribution in [-0.4, -0.2) is 33.4 Å². The Morgan fingerprint density at radius 1 is 1.52 bits per heavy atom. The predicted molar refractivity (Wildman–Crippen MR) is 73.9 cm³/mol. The number of hydrogen-bond acceptors (Lipinski definition) is 4. The highest BCUT2D eigenvalue weighted by Gasteiger charge is 2.31.